The highest BCUT2D eigenvalue weighted by molar-refractivity contribution is 4.87. The third-order valence-corrected chi connectivity index (χ3v) is 3.98. The van der Waals surface area contributed by atoms with E-state index in [2.05, 4.69) is 9.80 Å². The van der Waals surface area contributed by atoms with Crippen molar-refractivity contribution in [3.05, 3.63) is 0 Å². The fourth-order valence-electron chi connectivity index (χ4n) is 2.92. The molecule has 0 saturated carbocycles. The third kappa shape index (κ3) is 4.37. The molecule has 2 heterocycles. The molecule has 2 rings (SSSR count). The van der Waals surface area contributed by atoms with Crippen LogP contribution in [0.25, 0.3) is 0 Å². The van der Waals surface area contributed by atoms with Crippen LogP contribution < -0.4 is 11.5 Å². The Kier molecular flexibility index (Phi) is 6.49. The van der Waals surface area contributed by atoms with Gasteiger partial charge in [-0.05, 0) is 19.5 Å². The van der Waals surface area contributed by atoms with Gasteiger partial charge in [-0.3, -0.25) is 9.80 Å². The number of nitrogens with two attached hydrogens (primary N) is 2. The van der Waals surface area contributed by atoms with Gasteiger partial charge in [0.15, 0.2) is 0 Å². The van der Waals surface area contributed by atoms with Crippen molar-refractivity contribution in [2.24, 2.45) is 11.5 Å². The maximum atomic E-state index is 5.97. The van der Waals surface area contributed by atoms with Crippen LogP contribution >= 0.6 is 0 Å². The maximum Gasteiger partial charge on any atom is 0.0879 e. The summed E-state index contributed by atoms with van der Waals surface area (Å²) in [6, 6.07) is 0.362. The van der Waals surface area contributed by atoms with E-state index >= 15 is 0 Å². The van der Waals surface area contributed by atoms with Gasteiger partial charge in [0.25, 0.3) is 0 Å². The molecule has 0 aromatic rings. The lowest BCUT2D eigenvalue weighted by Gasteiger charge is -2.43. The number of morpholine rings is 2. The topological polar surface area (TPSA) is 77.0 Å². The first-order valence-corrected chi connectivity index (χ1v) is 7.41. The molecule has 2 unspecified atom stereocenters. The molecular formula is C13H28N4O2. The van der Waals surface area contributed by atoms with Crippen molar-refractivity contribution in [1.29, 1.82) is 0 Å². The van der Waals surface area contributed by atoms with Crippen molar-refractivity contribution in [3.8, 4) is 0 Å². The molecule has 2 aliphatic heterocycles. The zero-order valence-corrected chi connectivity index (χ0v) is 11.8. The summed E-state index contributed by atoms with van der Waals surface area (Å²) in [5.41, 5.74) is 11.3. The minimum Gasteiger partial charge on any atom is -0.378 e. The summed E-state index contributed by atoms with van der Waals surface area (Å²) in [6.07, 6.45) is 1.27. The molecule has 2 saturated heterocycles. The summed E-state index contributed by atoms with van der Waals surface area (Å²) in [4.78, 5) is 4.87. The second kappa shape index (κ2) is 8.14. The average Bonchev–Trinajstić information content (AvgIpc) is 2.46. The third-order valence-electron chi connectivity index (χ3n) is 3.98. The first-order valence-electron chi connectivity index (χ1n) is 7.41. The minimum atomic E-state index is 0.235. The highest BCUT2D eigenvalue weighted by Crippen LogP contribution is 2.17. The lowest BCUT2D eigenvalue weighted by molar-refractivity contribution is -0.113. The van der Waals surface area contributed by atoms with Crippen LogP contribution in [0.15, 0.2) is 0 Å². The predicted molar refractivity (Wildman–Crippen MR) is 75.1 cm³/mol. The van der Waals surface area contributed by atoms with E-state index in [1.165, 1.54) is 0 Å². The molecule has 0 aromatic carbocycles. The first-order chi connectivity index (χ1) is 9.35. The van der Waals surface area contributed by atoms with Gasteiger partial charge in [0.2, 0.25) is 0 Å². The van der Waals surface area contributed by atoms with Crippen molar-refractivity contribution < 1.29 is 9.47 Å². The standard InChI is InChI=1S/C13H28N4O2/c14-2-1-4-17-7-8-18-11-12(17)13-10-16(5-3-15)6-9-19-13/h12-13H,1-11,14-15H2. The van der Waals surface area contributed by atoms with Crippen molar-refractivity contribution >= 4 is 0 Å². The molecule has 0 bridgehead atoms. The lowest BCUT2D eigenvalue weighted by atomic mass is 10.1. The van der Waals surface area contributed by atoms with Gasteiger partial charge in [-0.25, -0.2) is 0 Å². The Balaban J connectivity index is 1.88. The SMILES string of the molecule is NCCCN1CCOCC1C1CN(CCN)CCO1. The van der Waals surface area contributed by atoms with E-state index in [4.69, 9.17) is 20.9 Å². The molecule has 0 amide bonds. The van der Waals surface area contributed by atoms with Crippen molar-refractivity contribution in [1.82, 2.24) is 9.80 Å². The smallest absolute Gasteiger partial charge is 0.0879 e. The summed E-state index contributed by atoms with van der Waals surface area (Å²) in [7, 11) is 0. The summed E-state index contributed by atoms with van der Waals surface area (Å²) in [6.45, 7) is 8.78. The van der Waals surface area contributed by atoms with E-state index < -0.39 is 0 Å². The molecule has 0 spiro atoms. The van der Waals surface area contributed by atoms with Crippen molar-refractivity contribution in [3.63, 3.8) is 0 Å². The zero-order chi connectivity index (χ0) is 13.5. The average molecular weight is 272 g/mol. The lowest BCUT2D eigenvalue weighted by Crippen LogP contribution is -2.58. The molecule has 6 nitrogen and oxygen atoms in total. The van der Waals surface area contributed by atoms with Crippen molar-refractivity contribution in [2.45, 2.75) is 18.6 Å². The van der Waals surface area contributed by atoms with Gasteiger partial charge in [0, 0.05) is 32.7 Å². The van der Waals surface area contributed by atoms with Crippen LogP contribution in [0.1, 0.15) is 6.42 Å². The normalized spacial score (nSPS) is 30.6. The Bertz CT molecular complexity index is 253. The van der Waals surface area contributed by atoms with E-state index in [1.54, 1.807) is 0 Å². The molecule has 2 aliphatic rings. The Labute approximate surface area is 116 Å². The quantitative estimate of drug-likeness (QED) is 0.625. The highest BCUT2D eigenvalue weighted by atomic mass is 16.5. The van der Waals surface area contributed by atoms with Gasteiger partial charge in [-0.2, -0.15) is 0 Å². The second-order valence-corrected chi connectivity index (χ2v) is 5.32. The van der Waals surface area contributed by atoms with Crippen LogP contribution in [0.3, 0.4) is 0 Å². The molecule has 112 valence electrons. The summed E-state index contributed by atoms with van der Waals surface area (Å²) in [5.74, 6) is 0. The fraction of sp³-hybridized carbons (Fsp3) is 1.00. The Hall–Kier alpha value is -0.240. The molecule has 2 atom stereocenters. The van der Waals surface area contributed by atoms with Gasteiger partial charge in [0.1, 0.15) is 0 Å². The zero-order valence-electron chi connectivity index (χ0n) is 11.8. The predicted octanol–water partition coefficient (Wildman–Crippen LogP) is -1.30. The number of hydrogen-bond donors (Lipinski definition) is 2. The van der Waals surface area contributed by atoms with E-state index in [0.717, 1.165) is 65.5 Å². The van der Waals surface area contributed by atoms with Crippen LogP contribution in [0, 0.1) is 0 Å². The van der Waals surface area contributed by atoms with Crippen LogP contribution in [-0.4, -0.2) is 87.6 Å². The summed E-state index contributed by atoms with van der Waals surface area (Å²) >= 11 is 0. The molecule has 0 radical (unpaired) electrons. The van der Waals surface area contributed by atoms with E-state index in [1.807, 2.05) is 0 Å². The number of ether oxygens (including phenoxy) is 2. The Morgan fingerprint density at radius 1 is 1.05 bits per heavy atom. The van der Waals surface area contributed by atoms with E-state index in [0.29, 0.717) is 12.6 Å². The Morgan fingerprint density at radius 2 is 1.95 bits per heavy atom. The molecule has 0 aliphatic carbocycles. The second-order valence-electron chi connectivity index (χ2n) is 5.32. The van der Waals surface area contributed by atoms with E-state index in [9.17, 15) is 0 Å². The Morgan fingerprint density at radius 3 is 2.74 bits per heavy atom. The van der Waals surface area contributed by atoms with Crippen LogP contribution in [-0.2, 0) is 9.47 Å². The van der Waals surface area contributed by atoms with Crippen LogP contribution in [0.4, 0.5) is 0 Å². The molecule has 4 N–H and O–H groups in total. The van der Waals surface area contributed by atoms with E-state index in [-0.39, 0.29) is 6.10 Å². The minimum absolute atomic E-state index is 0.235. The van der Waals surface area contributed by atoms with Gasteiger partial charge in [0.05, 0.1) is 32.0 Å². The number of hydrogen-bond acceptors (Lipinski definition) is 6. The number of nitrogens with zero attached hydrogens (tertiary/aromatic N) is 2. The molecular weight excluding hydrogens is 244 g/mol. The maximum absolute atomic E-state index is 5.97. The van der Waals surface area contributed by atoms with Crippen LogP contribution in [0.5, 0.6) is 0 Å². The molecule has 19 heavy (non-hydrogen) atoms. The largest absolute Gasteiger partial charge is 0.378 e. The van der Waals surface area contributed by atoms with Gasteiger partial charge < -0.3 is 20.9 Å². The van der Waals surface area contributed by atoms with Gasteiger partial charge in [-0.1, -0.05) is 0 Å². The molecule has 6 heteroatoms. The monoisotopic (exact) mass is 272 g/mol. The summed E-state index contributed by atoms with van der Waals surface area (Å²) < 4.78 is 11.6. The summed E-state index contributed by atoms with van der Waals surface area (Å²) in [5, 5.41) is 0. The molecule has 2 fully saturated rings. The number of rotatable bonds is 6. The highest BCUT2D eigenvalue weighted by Gasteiger charge is 2.33. The van der Waals surface area contributed by atoms with Crippen molar-refractivity contribution in [2.75, 3.05) is 65.6 Å². The first kappa shape index (κ1) is 15.2. The fourth-order valence-corrected chi connectivity index (χ4v) is 2.92. The van der Waals surface area contributed by atoms with Crippen LogP contribution in [0.2, 0.25) is 0 Å². The molecule has 0 aromatic heterocycles. The van der Waals surface area contributed by atoms with Gasteiger partial charge in [-0.15, -0.1) is 0 Å². The van der Waals surface area contributed by atoms with Gasteiger partial charge >= 0.3 is 0 Å².